The number of ether oxygens (including phenoxy) is 1. The van der Waals surface area contributed by atoms with Crippen LogP contribution >= 0.6 is 15.9 Å². The molecule has 2 fully saturated rings. The van der Waals surface area contributed by atoms with Gasteiger partial charge in [-0.3, -0.25) is 0 Å². The molecule has 1 saturated heterocycles. The standard InChI is InChI=1S/C14H17BrN2O2/c15-11-3-1-10(2-4-11)13-9-17(7-8-19-13)14(18)16-12-5-6-12/h1-4,12-13H,5-9H2,(H,16,18). The van der Waals surface area contributed by atoms with E-state index >= 15 is 0 Å². The molecule has 4 nitrogen and oxygen atoms in total. The number of nitrogens with one attached hydrogen (secondary N) is 1. The Labute approximate surface area is 121 Å². The van der Waals surface area contributed by atoms with E-state index in [1.54, 1.807) is 0 Å². The number of rotatable bonds is 2. The summed E-state index contributed by atoms with van der Waals surface area (Å²) < 4.78 is 6.82. The molecule has 0 spiro atoms. The third kappa shape index (κ3) is 3.28. The largest absolute Gasteiger partial charge is 0.370 e. The molecule has 0 bridgehead atoms. The van der Waals surface area contributed by atoms with Gasteiger partial charge < -0.3 is 15.0 Å². The second-order valence-corrected chi connectivity index (χ2v) is 6.00. The van der Waals surface area contributed by atoms with E-state index in [1.165, 1.54) is 0 Å². The predicted octanol–water partition coefficient (Wildman–Crippen LogP) is 2.69. The minimum Gasteiger partial charge on any atom is -0.370 e. The molecule has 1 unspecified atom stereocenters. The predicted molar refractivity (Wildman–Crippen MR) is 76.0 cm³/mol. The Morgan fingerprint density at radius 3 is 2.74 bits per heavy atom. The molecular weight excluding hydrogens is 308 g/mol. The summed E-state index contributed by atoms with van der Waals surface area (Å²) in [6.45, 7) is 1.89. The van der Waals surface area contributed by atoms with Gasteiger partial charge in [-0.1, -0.05) is 28.1 Å². The fourth-order valence-electron chi connectivity index (χ4n) is 2.21. The maximum Gasteiger partial charge on any atom is 0.317 e. The van der Waals surface area contributed by atoms with Crippen molar-refractivity contribution in [1.29, 1.82) is 0 Å². The summed E-state index contributed by atoms with van der Waals surface area (Å²) in [6.07, 6.45) is 2.21. The lowest BCUT2D eigenvalue weighted by Crippen LogP contribution is -2.47. The lowest BCUT2D eigenvalue weighted by molar-refractivity contribution is -0.0154. The van der Waals surface area contributed by atoms with Crippen LogP contribution in [0.3, 0.4) is 0 Å². The van der Waals surface area contributed by atoms with Gasteiger partial charge in [0.25, 0.3) is 0 Å². The Morgan fingerprint density at radius 1 is 1.32 bits per heavy atom. The number of morpholine rings is 1. The summed E-state index contributed by atoms with van der Waals surface area (Å²) in [4.78, 5) is 13.9. The Kier molecular flexibility index (Phi) is 3.75. The SMILES string of the molecule is O=C(NC1CC1)N1CCOC(c2ccc(Br)cc2)C1. The topological polar surface area (TPSA) is 41.6 Å². The molecule has 102 valence electrons. The minimum atomic E-state index is -0.0215. The number of nitrogens with zero attached hydrogens (tertiary/aromatic N) is 1. The molecule has 1 saturated carbocycles. The molecule has 3 rings (SSSR count). The Hall–Kier alpha value is -1.07. The van der Waals surface area contributed by atoms with Crippen molar-refractivity contribution in [2.24, 2.45) is 0 Å². The van der Waals surface area contributed by atoms with Gasteiger partial charge >= 0.3 is 6.03 Å². The van der Waals surface area contributed by atoms with E-state index in [1.807, 2.05) is 29.2 Å². The first-order chi connectivity index (χ1) is 9.22. The number of carbonyl (C=O) groups is 1. The highest BCUT2D eigenvalue weighted by Crippen LogP contribution is 2.25. The van der Waals surface area contributed by atoms with Gasteiger partial charge in [-0.05, 0) is 30.5 Å². The van der Waals surface area contributed by atoms with E-state index in [9.17, 15) is 4.79 Å². The van der Waals surface area contributed by atoms with Crippen LogP contribution < -0.4 is 5.32 Å². The fraction of sp³-hybridized carbons (Fsp3) is 0.500. The molecule has 2 amide bonds. The lowest BCUT2D eigenvalue weighted by Gasteiger charge is -2.33. The molecule has 1 aliphatic carbocycles. The highest BCUT2D eigenvalue weighted by molar-refractivity contribution is 9.10. The van der Waals surface area contributed by atoms with Gasteiger partial charge in [-0.2, -0.15) is 0 Å². The van der Waals surface area contributed by atoms with Gasteiger partial charge in [0.1, 0.15) is 6.10 Å². The van der Waals surface area contributed by atoms with Crippen molar-refractivity contribution < 1.29 is 9.53 Å². The summed E-state index contributed by atoms with van der Waals surface area (Å²) in [7, 11) is 0. The van der Waals surface area contributed by atoms with Crippen molar-refractivity contribution in [3.63, 3.8) is 0 Å². The molecule has 0 radical (unpaired) electrons. The van der Waals surface area contributed by atoms with Gasteiger partial charge in [0.15, 0.2) is 0 Å². The molecule has 1 N–H and O–H groups in total. The summed E-state index contributed by atoms with van der Waals surface area (Å²) in [5, 5.41) is 3.03. The number of hydrogen-bond acceptors (Lipinski definition) is 2. The van der Waals surface area contributed by atoms with E-state index < -0.39 is 0 Å². The monoisotopic (exact) mass is 324 g/mol. The molecule has 1 aromatic carbocycles. The second kappa shape index (κ2) is 5.51. The minimum absolute atomic E-state index is 0.0215. The molecule has 1 aliphatic heterocycles. The van der Waals surface area contributed by atoms with Crippen LogP contribution in [0.4, 0.5) is 4.79 Å². The molecule has 0 aromatic heterocycles. The first-order valence-electron chi connectivity index (χ1n) is 6.65. The highest BCUT2D eigenvalue weighted by Gasteiger charge is 2.29. The van der Waals surface area contributed by atoms with Crippen LogP contribution in [-0.4, -0.2) is 36.7 Å². The van der Waals surface area contributed by atoms with Crippen LogP contribution in [0.2, 0.25) is 0 Å². The molecule has 2 aliphatic rings. The third-order valence-corrected chi connectivity index (χ3v) is 4.03. The highest BCUT2D eigenvalue weighted by atomic mass is 79.9. The van der Waals surface area contributed by atoms with Crippen LogP contribution in [0, 0.1) is 0 Å². The molecule has 1 aromatic rings. The van der Waals surface area contributed by atoms with E-state index in [4.69, 9.17) is 4.74 Å². The van der Waals surface area contributed by atoms with Gasteiger partial charge in [-0.15, -0.1) is 0 Å². The van der Waals surface area contributed by atoms with Crippen molar-refractivity contribution in [1.82, 2.24) is 10.2 Å². The van der Waals surface area contributed by atoms with Gasteiger partial charge in [0.05, 0.1) is 13.2 Å². The molecule has 1 heterocycles. The quantitative estimate of drug-likeness (QED) is 0.908. The number of benzene rings is 1. The number of urea groups is 1. The summed E-state index contributed by atoms with van der Waals surface area (Å²) in [6, 6.07) is 8.53. The smallest absolute Gasteiger partial charge is 0.317 e. The Morgan fingerprint density at radius 2 is 2.05 bits per heavy atom. The zero-order chi connectivity index (χ0) is 13.2. The summed E-state index contributed by atoms with van der Waals surface area (Å²) in [5.41, 5.74) is 1.12. The van der Waals surface area contributed by atoms with Crippen LogP contribution in [0.25, 0.3) is 0 Å². The number of hydrogen-bond donors (Lipinski definition) is 1. The van der Waals surface area contributed by atoms with Crippen molar-refractivity contribution in [3.8, 4) is 0 Å². The van der Waals surface area contributed by atoms with Gasteiger partial charge in [-0.25, -0.2) is 4.79 Å². The zero-order valence-electron chi connectivity index (χ0n) is 10.6. The Balaban J connectivity index is 1.63. The Bertz CT molecular complexity index is 459. The van der Waals surface area contributed by atoms with E-state index in [0.29, 0.717) is 25.7 Å². The molecule has 19 heavy (non-hydrogen) atoms. The van der Waals surface area contributed by atoms with E-state index in [2.05, 4.69) is 21.2 Å². The first kappa shape index (κ1) is 12.9. The second-order valence-electron chi connectivity index (χ2n) is 5.08. The van der Waals surface area contributed by atoms with Gasteiger partial charge in [0.2, 0.25) is 0 Å². The molecular formula is C14H17BrN2O2. The molecule has 1 atom stereocenters. The summed E-state index contributed by atoms with van der Waals surface area (Å²) in [5.74, 6) is 0. The zero-order valence-corrected chi connectivity index (χ0v) is 12.2. The van der Waals surface area contributed by atoms with Gasteiger partial charge in [0, 0.05) is 17.1 Å². The average molecular weight is 325 g/mol. The van der Waals surface area contributed by atoms with Crippen molar-refractivity contribution >= 4 is 22.0 Å². The maximum atomic E-state index is 12.0. The van der Waals surface area contributed by atoms with Crippen LogP contribution in [0.5, 0.6) is 0 Å². The number of carbonyl (C=O) groups excluding carboxylic acids is 1. The number of amides is 2. The fourth-order valence-corrected chi connectivity index (χ4v) is 2.47. The number of halogens is 1. The van der Waals surface area contributed by atoms with Crippen LogP contribution in [-0.2, 0) is 4.74 Å². The maximum absolute atomic E-state index is 12.0. The van der Waals surface area contributed by atoms with Crippen molar-refractivity contribution in [3.05, 3.63) is 34.3 Å². The van der Waals surface area contributed by atoms with Crippen molar-refractivity contribution in [2.45, 2.75) is 25.0 Å². The van der Waals surface area contributed by atoms with Crippen molar-refractivity contribution in [2.75, 3.05) is 19.7 Å². The van der Waals surface area contributed by atoms with E-state index in [0.717, 1.165) is 22.9 Å². The third-order valence-electron chi connectivity index (χ3n) is 3.50. The van der Waals surface area contributed by atoms with Crippen LogP contribution in [0.1, 0.15) is 24.5 Å². The average Bonchev–Trinajstić information content (AvgIpc) is 3.24. The lowest BCUT2D eigenvalue weighted by atomic mass is 10.1. The summed E-state index contributed by atoms with van der Waals surface area (Å²) >= 11 is 3.42. The van der Waals surface area contributed by atoms with Crippen LogP contribution in [0.15, 0.2) is 28.7 Å². The first-order valence-corrected chi connectivity index (χ1v) is 7.44. The normalized spacial score (nSPS) is 23.2. The van der Waals surface area contributed by atoms with E-state index in [-0.39, 0.29) is 12.1 Å². The molecule has 5 heteroatoms.